The standard InChI is InChI=1S/C24H20F3N5O/c1-32-20(24(25,26)27)18(10-30-32)16-8-17(16)21(33)31-19-7-14-6-15(3-2-13(14)9-29-19)23(12-28)11-22(23)4-5-22/h2-3,6-7,9-10,16-17H,4-5,8,11H2,1H3,(H,29,31,33)/t16-,17-,23-/m0/s1. The van der Waals surface area contributed by atoms with Gasteiger partial charge in [-0.25, -0.2) is 4.98 Å². The highest BCUT2D eigenvalue weighted by atomic mass is 19.4. The van der Waals surface area contributed by atoms with Crippen LogP contribution in [0.2, 0.25) is 0 Å². The number of aryl methyl sites for hydroxylation is 1. The van der Waals surface area contributed by atoms with Crippen molar-refractivity contribution in [1.82, 2.24) is 14.8 Å². The summed E-state index contributed by atoms with van der Waals surface area (Å²) in [7, 11) is 1.25. The Hall–Kier alpha value is -3.41. The Balaban J connectivity index is 1.22. The first-order chi connectivity index (χ1) is 15.7. The molecule has 2 heterocycles. The summed E-state index contributed by atoms with van der Waals surface area (Å²) in [6.07, 6.45) is 1.74. The van der Waals surface area contributed by atoms with Crippen LogP contribution >= 0.6 is 0 Å². The number of anilines is 1. The minimum absolute atomic E-state index is 0.0569. The van der Waals surface area contributed by atoms with Crippen LogP contribution in [-0.4, -0.2) is 20.7 Å². The number of alkyl halides is 3. The lowest BCUT2D eigenvalue weighted by Crippen LogP contribution is -2.17. The van der Waals surface area contributed by atoms with Crippen molar-refractivity contribution in [2.75, 3.05) is 5.32 Å². The maximum atomic E-state index is 13.4. The number of fused-ring (bicyclic) bond motifs is 1. The third-order valence-electron chi connectivity index (χ3n) is 7.66. The summed E-state index contributed by atoms with van der Waals surface area (Å²) in [5, 5.41) is 18.1. The van der Waals surface area contributed by atoms with Gasteiger partial charge in [0, 0.05) is 30.1 Å². The Labute approximate surface area is 187 Å². The lowest BCUT2D eigenvalue weighted by atomic mass is 9.92. The van der Waals surface area contributed by atoms with E-state index in [1.165, 1.54) is 13.2 Å². The highest BCUT2D eigenvalue weighted by molar-refractivity contribution is 5.96. The van der Waals surface area contributed by atoms with E-state index < -0.39 is 29.1 Å². The second kappa shape index (κ2) is 6.34. The van der Waals surface area contributed by atoms with Gasteiger partial charge in [0.1, 0.15) is 11.5 Å². The number of rotatable bonds is 4. The molecule has 3 aromatic rings. The number of aromatic nitrogens is 3. The Kier molecular flexibility index (Phi) is 3.88. The molecule has 2 aromatic heterocycles. The molecular formula is C24H20F3N5O. The van der Waals surface area contributed by atoms with Gasteiger partial charge in [-0.1, -0.05) is 12.1 Å². The second-order valence-corrected chi connectivity index (χ2v) is 9.61. The SMILES string of the molecule is Cn1ncc([C@H]2C[C@@H]2C(=O)Nc2cc3cc([C@@]4(C#N)CC45CC5)ccc3cn2)c1C(F)(F)F. The molecule has 3 atom stereocenters. The summed E-state index contributed by atoms with van der Waals surface area (Å²) in [5.74, 6) is -1.07. The van der Waals surface area contributed by atoms with Crippen LogP contribution in [0.1, 0.15) is 48.4 Å². The molecule has 0 unspecified atom stereocenters. The van der Waals surface area contributed by atoms with Gasteiger partial charge in [0.05, 0.1) is 17.7 Å². The van der Waals surface area contributed by atoms with Crippen LogP contribution in [0.3, 0.4) is 0 Å². The topological polar surface area (TPSA) is 83.6 Å². The first kappa shape index (κ1) is 20.2. The van der Waals surface area contributed by atoms with E-state index in [4.69, 9.17) is 0 Å². The molecule has 1 spiro atoms. The van der Waals surface area contributed by atoms with Gasteiger partial charge in [0.25, 0.3) is 0 Å². The smallest absolute Gasteiger partial charge is 0.310 e. The van der Waals surface area contributed by atoms with Crippen LogP contribution in [0.4, 0.5) is 19.0 Å². The fourth-order valence-corrected chi connectivity index (χ4v) is 5.44. The van der Waals surface area contributed by atoms with E-state index in [9.17, 15) is 23.2 Å². The largest absolute Gasteiger partial charge is 0.433 e. The van der Waals surface area contributed by atoms with Crippen molar-refractivity contribution < 1.29 is 18.0 Å². The van der Waals surface area contributed by atoms with Gasteiger partial charge >= 0.3 is 6.18 Å². The van der Waals surface area contributed by atoms with Gasteiger partial charge in [0.2, 0.25) is 5.91 Å². The summed E-state index contributed by atoms with van der Waals surface area (Å²) in [6, 6.07) is 10.2. The average Bonchev–Trinajstić information content (AvgIpc) is 3.71. The monoisotopic (exact) mass is 451 g/mol. The Morgan fingerprint density at radius 3 is 2.70 bits per heavy atom. The molecule has 6 rings (SSSR count). The Morgan fingerprint density at radius 2 is 2.03 bits per heavy atom. The van der Waals surface area contributed by atoms with E-state index in [-0.39, 0.29) is 16.9 Å². The minimum atomic E-state index is -4.52. The van der Waals surface area contributed by atoms with Gasteiger partial charge in [-0.05, 0) is 60.1 Å². The molecule has 3 fully saturated rings. The van der Waals surface area contributed by atoms with Crippen molar-refractivity contribution in [2.45, 2.75) is 43.2 Å². The van der Waals surface area contributed by atoms with Crippen LogP contribution in [0.15, 0.2) is 36.7 Å². The molecule has 9 heteroatoms. The number of nitrogens with one attached hydrogen (secondary N) is 1. The van der Waals surface area contributed by atoms with Crippen LogP contribution in [-0.2, 0) is 23.4 Å². The summed E-state index contributed by atoms with van der Waals surface area (Å²) < 4.78 is 40.9. The fourth-order valence-electron chi connectivity index (χ4n) is 5.44. The number of nitrogens with zero attached hydrogens (tertiary/aromatic N) is 4. The molecule has 0 aliphatic heterocycles. The number of amides is 1. The van der Waals surface area contributed by atoms with Crippen molar-refractivity contribution in [1.29, 1.82) is 5.26 Å². The van der Waals surface area contributed by atoms with Crippen molar-refractivity contribution in [3.8, 4) is 6.07 Å². The summed E-state index contributed by atoms with van der Waals surface area (Å²) >= 11 is 0. The molecule has 1 aromatic carbocycles. The number of hydrogen-bond acceptors (Lipinski definition) is 4. The number of benzene rings is 1. The van der Waals surface area contributed by atoms with Gasteiger partial charge in [-0.3, -0.25) is 9.48 Å². The van der Waals surface area contributed by atoms with Crippen LogP contribution in [0, 0.1) is 22.7 Å². The van der Waals surface area contributed by atoms with E-state index in [1.807, 2.05) is 18.2 Å². The van der Waals surface area contributed by atoms with Crippen molar-refractivity contribution >= 4 is 22.5 Å². The first-order valence-corrected chi connectivity index (χ1v) is 10.9. The molecular weight excluding hydrogens is 431 g/mol. The molecule has 3 aliphatic carbocycles. The highest BCUT2D eigenvalue weighted by Crippen LogP contribution is 2.78. The van der Waals surface area contributed by atoms with Crippen molar-refractivity contribution in [3.63, 3.8) is 0 Å². The van der Waals surface area contributed by atoms with E-state index in [2.05, 4.69) is 21.5 Å². The lowest BCUT2D eigenvalue weighted by Gasteiger charge is -2.11. The Bertz CT molecular complexity index is 1370. The molecule has 1 amide bonds. The molecule has 3 aliphatic rings. The molecule has 3 saturated carbocycles. The lowest BCUT2D eigenvalue weighted by molar-refractivity contribution is -0.144. The number of carbonyl (C=O) groups excluding carboxylic acids is 1. The predicted molar refractivity (Wildman–Crippen MR) is 113 cm³/mol. The Morgan fingerprint density at radius 1 is 1.24 bits per heavy atom. The maximum absolute atomic E-state index is 13.4. The fraction of sp³-hybridized carbons (Fsp3) is 0.417. The van der Waals surface area contributed by atoms with Crippen molar-refractivity contribution in [2.24, 2.45) is 18.4 Å². The van der Waals surface area contributed by atoms with Gasteiger partial charge in [-0.15, -0.1) is 0 Å². The molecule has 33 heavy (non-hydrogen) atoms. The third-order valence-corrected chi connectivity index (χ3v) is 7.66. The molecule has 6 nitrogen and oxygen atoms in total. The number of nitriles is 1. The molecule has 0 bridgehead atoms. The first-order valence-electron chi connectivity index (χ1n) is 10.9. The summed E-state index contributed by atoms with van der Waals surface area (Å²) in [6.45, 7) is 0. The zero-order valence-corrected chi connectivity index (χ0v) is 17.8. The normalized spacial score (nSPS) is 26.8. The van der Waals surface area contributed by atoms with E-state index >= 15 is 0 Å². The minimum Gasteiger partial charge on any atom is -0.310 e. The summed E-state index contributed by atoms with van der Waals surface area (Å²) in [4.78, 5) is 17.0. The van der Waals surface area contributed by atoms with Gasteiger partial charge in [-0.2, -0.15) is 23.5 Å². The van der Waals surface area contributed by atoms with E-state index in [1.54, 1.807) is 12.3 Å². The summed E-state index contributed by atoms with van der Waals surface area (Å²) in [5.41, 5.74) is -0.00515. The maximum Gasteiger partial charge on any atom is 0.433 e. The zero-order valence-electron chi connectivity index (χ0n) is 17.8. The third kappa shape index (κ3) is 2.96. The van der Waals surface area contributed by atoms with E-state index in [0.717, 1.165) is 40.3 Å². The molecule has 0 saturated heterocycles. The number of carbonyl (C=O) groups is 1. The van der Waals surface area contributed by atoms with Crippen LogP contribution in [0.25, 0.3) is 10.8 Å². The van der Waals surface area contributed by atoms with Crippen LogP contribution < -0.4 is 5.32 Å². The zero-order chi connectivity index (χ0) is 23.2. The number of halogens is 3. The second-order valence-electron chi connectivity index (χ2n) is 9.61. The highest BCUT2D eigenvalue weighted by Gasteiger charge is 2.75. The number of hydrogen-bond donors (Lipinski definition) is 1. The van der Waals surface area contributed by atoms with E-state index in [0.29, 0.717) is 12.2 Å². The quantitative estimate of drug-likeness (QED) is 0.625. The molecule has 168 valence electrons. The average molecular weight is 451 g/mol. The predicted octanol–water partition coefficient (Wildman–Crippen LogP) is 4.67. The van der Waals surface area contributed by atoms with Gasteiger partial charge < -0.3 is 5.32 Å². The number of pyridine rings is 1. The van der Waals surface area contributed by atoms with Crippen molar-refractivity contribution in [3.05, 3.63) is 53.5 Å². The molecule has 0 radical (unpaired) electrons. The van der Waals surface area contributed by atoms with Crippen LogP contribution in [0.5, 0.6) is 0 Å². The van der Waals surface area contributed by atoms with Gasteiger partial charge in [0.15, 0.2) is 0 Å². The molecule has 1 N–H and O–H groups in total.